The number of aryl methyl sites for hydroxylation is 1. The molecular weight excluding hydrogens is 344 g/mol. The van der Waals surface area contributed by atoms with Gasteiger partial charge in [-0.2, -0.15) is 5.10 Å². The van der Waals surface area contributed by atoms with E-state index in [9.17, 15) is 4.79 Å². The van der Waals surface area contributed by atoms with Crippen LogP contribution in [0.5, 0.6) is 0 Å². The summed E-state index contributed by atoms with van der Waals surface area (Å²) in [7, 11) is 0. The first-order valence-corrected chi connectivity index (χ1v) is 9.50. The van der Waals surface area contributed by atoms with Crippen LogP contribution < -0.4 is 5.56 Å². The highest BCUT2D eigenvalue weighted by atomic mass is 32.2. The summed E-state index contributed by atoms with van der Waals surface area (Å²) in [5.41, 5.74) is 2.65. The molecule has 0 unspecified atom stereocenters. The van der Waals surface area contributed by atoms with E-state index in [-0.39, 0.29) is 5.56 Å². The Bertz CT molecular complexity index is 1060. The molecule has 6 heteroatoms. The lowest BCUT2D eigenvalue weighted by atomic mass is 10.1. The molecule has 1 N–H and O–H groups in total. The first-order valence-electron chi connectivity index (χ1n) is 8.51. The van der Waals surface area contributed by atoms with Gasteiger partial charge in [-0.25, -0.2) is 9.67 Å². The van der Waals surface area contributed by atoms with Crippen molar-refractivity contribution in [1.82, 2.24) is 19.7 Å². The van der Waals surface area contributed by atoms with E-state index in [2.05, 4.69) is 39.3 Å². The third-order valence-electron chi connectivity index (χ3n) is 4.11. The maximum atomic E-state index is 12.3. The van der Waals surface area contributed by atoms with Crippen LogP contribution in [0, 0.1) is 0 Å². The van der Waals surface area contributed by atoms with E-state index in [0.717, 1.165) is 24.3 Å². The van der Waals surface area contributed by atoms with Crippen LogP contribution in [0.3, 0.4) is 0 Å². The Kier molecular flexibility index (Phi) is 4.84. The first-order chi connectivity index (χ1) is 12.8. The molecule has 0 fully saturated rings. The monoisotopic (exact) mass is 362 g/mol. The number of aromatic nitrogens is 4. The van der Waals surface area contributed by atoms with Crippen LogP contribution in [-0.4, -0.2) is 25.5 Å². The Morgan fingerprint density at radius 2 is 1.73 bits per heavy atom. The summed E-state index contributed by atoms with van der Waals surface area (Å²) < 4.78 is 1.71. The molecule has 26 heavy (non-hydrogen) atoms. The van der Waals surface area contributed by atoms with Gasteiger partial charge in [-0.3, -0.25) is 4.79 Å². The number of thioether (sulfide) groups is 1. The number of H-pyrrole nitrogens is 1. The molecule has 0 aliphatic carbocycles. The summed E-state index contributed by atoms with van der Waals surface area (Å²) in [6.07, 6.45) is 3.61. The maximum absolute atomic E-state index is 12.3. The third kappa shape index (κ3) is 3.55. The van der Waals surface area contributed by atoms with Crippen molar-refractivity contribution >= 4 is 22.8 Å². The summed E-state index contributed by atoms with van der Waals surface area (Å²) in [6.45, 7) is 0. The second-order valence-electron chi connectivity index (χ2n) is 5.94. The zero-order valence-electron chi connectivity index (χ0n) is 14.1. The normalized spacial score (nSPS) is 11.1. The van der Waals surface area contributed by atoms with E-state index in [4.69, 9.17) is 0 Å². The zero-order valence-corrected chi connectivity index (χ0v) is 14.9. The molecule has 0 radical (unpaired) electrons. The Morgan fingerprint density at radius 3 is 2.50 bits per heavy atom. The quantitative estimate of drug-likeness (QED) is 0.322. The Balaban J connectivity index is 1.52. The van der Waals surface area contributed by atoms with Gasteiger partial charge < -0.3 is 4.98 Å². The van der Waals surface area contributed by atoms with E-state index in [0.29, 0.717) is 16.2 Å². The Labute approximate surface area is 155 Å². The second-order valence-corrected chi connectivity index (χ2v) is 7.02. The van der Waals surface area contributed by atoms with Gasteiger partial charge in [-0.05, 0) is 30.5 Å². The molecule has 0 bridgehead atoms. The molecule has 0 amide bonds. The second kappa shape index (κ2) is 7.58. The van der Waals surface area contributed by atoms with Crippen LogP contribution in [0.4, 0.5) is 0 Å². The highest BCUT2D eigenvalue weighted by Gasteiger charge is 2.11. The van der Waals surface area contributed by atoms with Gasteiger partial charge in [0.2, 0.25) is 0 Å². The number of benzene rings is 2. The van der Waals surface area contributed by atoms with Crippen molar-refractivity contribution in [2.45, 2.75) is 18.0 Å². The molecule has 0 aliphatic rings. The number of nitrogens with one attached hydrogen (secondary N) is 1. The van der Waals surface area contributed by atoms with Crippen molar-refractivity contribution in [3.63, 3.8) is 0 Å². The van der Waals surface area contributed by atoms with E-state index < -0.39 is 0 Å². The third-order valence-corrected chi connectivity index (χ3v) is 5.07. The zero-order chi connectivity index (χ0) is 17.8. The fourth-order valence-electron chi connectivity index (χ4n) is 2.81. The minimum Gasteiger partial charge on any atom is -0.301 e. The van der Waals surface area contributed by atoms with Gasteiger partial charge in [0.25, 0.3) is 5.56 Å². The average molecular weight is 362 g/mol. The van der Waals surface area contributed by atoms with Gasteiger partial charge in [0, 0.05) is 5.75 Å². The van der Waals surface area contributed by atoms with E-state index in [1.165, 1.54) is 5.56 Å². The van der Waals surface area contributed by atoms with Gasteiger partial charge in [0.1, 0.15) is 5.39 Å². The topological polar surface area (TPSA) is 63.6 Å². The van der Waals surface area contributed by atoms with Gasteiger partial charge in [0.15, 0.2) is 10.8 Å². The fourth-order valence-corrected chi connectivity index (χ4v) is 3.61. The van der Waals surface area contributed by atoms with Crippen molar-refractivity contribution in [3.05, 3.63) is 82.8 Å². The number of para-hydroxylation sites is 1. The molecule has 0 spiro atoms. The molecule has 2 aromatic heterocycles. The van der Waals surface area contributed by atoms with Crippen molar-refractivity contribution in [1.29, 1.82) is 0 Å². The van der Waals surface area contributed by atoms with Crippen molar-refractivity contribution in [2.75, 3.05) is 5.75 Å². The van der Waals surface area contributed by atoms with Crippen LogP contribution in [0.2, 0.25) is 0 Å². The number of nitrogens with zero attached hydrogens (tertiary/aromatic N) is 3. The lowest BCUT2D eigenvalue weighted by Crippen LogP contribution is -2.10. The predicted octanol–water partition coefficient (Wildman–Crippen LogP) is 3.83. The lowest BCUT2D eigenvalue weighted by molar-refractivity contribution is 0.870. The summed E-state index contributed by atoms with van der Waals surface area (Å²) in [5.74, 6) is 0.892. The molecule has 130 valence electrons. The number of rotatable bonds is 6. The summed E-state index contributed by atoms with van der Waals surface area (Å²) in [4.78, 5) is 19.8. The molecule has 4 rings (SSSR count). The number of fused-ring (bicyclic) bond motifs is 1. The SMILES string of the molecule is O=c1[nH]c(SCCCc2ccccc2)nc2c1cnn2-c1ccccc1. The van der Waals surface area contributed by atoms with Gasteiger partial charge in [-0.15, -0.1) is 0 Å². The van der Waals surface area contributed by atoms with Crippen LogP contribution in [0.25, 0.3) is 16.7 Å². The van der Waals surface area contributed by atoms with Crippen LogP contribution in [-0.2, 0) is 6.42 Å². The highest BCUT2D eigenvalue weighted by Crippen LogP contribution is 2.18. The molecule has 0 saturated carbocycles. The van der Waals surface area contributed by atoms with Crippen molar-refractivity contribution < 1.29 is 0 Å². The number of aromatic amines is 1. The number of hydrogen-bond acceptors (Lipinski definition) is 4. The Hall–Kier alpha value is -2.86. The van der Waals surface area contributed by atoms with Crippen molar-refractivity contribution in [3.8, 4) is 5.69 Å². The van der Waals surface area contributed by atoms with Gasteiger partial charge >= 0.3 is 0 Å². The summed E-state index contributed by atoms with van der Waals surface area (Å²) in [5, 5.41) is 5.46. The number of hydrogen-bond donors (Lipinski definition) is 1. The molecular formula is C20H18N4OS. The highest BCUT2D eigenvalue weighted by molar-refractivity contribution is 7.99. The lowest BCUT2D eigenvalue weighted by Gasteiger charge is -2.04. The van der Waals surface area contributed by atoms with E-state index >= 15 is 0 Å². The maximum Gasteiger partial charge on any atom is 0.262 e. The summed E-state index contributed by atoms with van der Waals surface area (Å²) >= 11 is 1.57. The molecule has 2 heterocycles. The molecule has 0 aliphatic heterocycles. The van der Waals surface area contributed by atoms with Gasteiger partial charge in [0.05, 0.1) is 11.9 Å². The van der Waals surface area contributed by atoms with Crippen LogP contribution >= 0.6 is 11.8 Å². The van der Waals surface area contributed by atoms with Gasteiger partial charge in [-0.1, -0.05) is 60.3 Å². The standard InChI is InChI=1S/C20H18N4OS/c25-19-17-14-21-24(16-11-5-2-6-12-16)18(17)22-20(23-19)26-13-7-10-15-8-3-1-4-9-15/h1-6,8-9,11-12,14H,7,10,13H2,(H,22,23,25). The molecule has 0 saturated heterocycles. The molecule has 2 aromatic carbocycles. The molecule has 4 aromatic rings. The van der Waals surface area contributed by atoms with Crippen LogP contribution in [0.1, 0.15) is 12.0 Å². The average Bonchev–Trinajstić information content (AvgIpc) is 3.11. The van der Waals surface area contributed by atoms with Crippen LogP contribution in [0.15, 0.2) is 76.8 Å². The largest absolute Gasteiger partial charge is 0.301 e. The summed E-state index contributed by atoms with van der Waals surface area (Å²) in [6, 6.07) is 20.1. The minimum atomic E-state index is -0.150. The van der Waals surface area contributed by atoms with Crippen molar-refractivity contribution in [2.24, 2.45) is 0 Å². The smallest absolute Gasteiger partial charge is 0.262 e. The Morgan fingerprint density at radius 1 is 1.00 bits per heavy atom. The first kappa shape index (κ1) is 16.6. The predicted molar refractivity (Wildman–Crippen MR) is 105 cm³/mol. The molecule has 5 nitrogen and oxygen atoms in total. The van der Waals surface area contributed by atoms with E-state index in [1.54, 1.807) is 22.6 Å². The van der Waals surface area contributed by atoms with E-state index in [1.807, 2.05) is 36.4 Å². The fraction of sp³-hybridized carbons (Fsp3) is 0.150. The molecule has 0 atom stereocenters. The minimum absolute atomic E-state index is 0.150.